The summed E-state index contributed by atoms with van der Waals surface area (Å²) in [6, 6.07) is 8.61. The molecule has 1 amide bonds. The second-order valence-electron chi connectivity index (χ2n) is 6.49. The Morgan fingerprint density at radius 3 is 2.68 bits per heavy atom. The lowest BCUT2D eigenvalue weighted by Crippen LogP contribution is -2.38. The quantitative estimate of drug-likeness (QED) is 0.595. The first-order chi connectivity index (χ1) is 13.5. The van der Waals surface area contributed by atoms with Crippen molar-refractivity contribution < 1.29 is 14.3 Å². The predicted octanol–water partition coefficient (Wildman–Crippen LogP) is 5.54. The maximum atomic E-state index is 12.9. The van der Waals surface area contributed by atoms with E-state index in [0.29, 0.717) is 40.3 Å². The zero-order valence-corrected chi connectivity index (χ0v) is 17.8. The van der Waals surface area contributed by atoms with Gasteiger partial charge >= 0.3 is 0 Å². The first-order valence-corrected chi connectivity index (χ1v) is 10.8. The third-order valence-corrected chi connectivity index (χ3v) is 6.53. The van der Waals surface area contributed by atoms with Gasteiger partial charge in [-0.2, -0.15) is 0 Å². The van der Waals surface area contributed by atoms with Crippen molar-refractivity contribution in [3.63, 3.8) is 0 Å². The van der Waals surface area contributed by atoms with Gasteiger partial charge in [0.25, 0.3) is 5.91 Å². The molecule has 28 heavy (non-hydrogen) atoms. The Kier molecular flexibility index (Phi) is 6.13. The van der Waals surface area contributed by atoms with Crippen molar-refractivity contribution in [2.45, 2.75) is 12.5 Å². The Morgan fingerprint density at radius 1 is 1.18 bits per heavy atom. The van der Waals surface area contributed by atoms with E-state index in [1.807, 2.05) is 0 Å². The molecular formula is C19H17Cl3N2O3S. The van der Waals surface area contributed by atoms with Crippen LogP contribution in [0.4, 0.5) is 11.4 Å². The fourth-order valence-electron chi connectivity index (χ4n) is 2.91. The van der Waals surface area contributed by atoms with Crippen LogP contribution in [-0.4, -0.2) is 37.5 Å². The summed E-state index contributed by atoms with van der Waals surface area (Å²) >= 11 is 20.5. The number of amides is 1. The van der Waals surface area contributed by atoms with Crippen molar-refractivity contribution in [2.24, 2.45) is 0 Å². The smallest absolute Gasteiger partial charge is 0.257 e. The Balaban J connectivity index is 1.56. The number of halogens is 3. The molecule has 0 unspecified atom stereocenters. The van der Waals surface area contributed by atoms with Gasteiger partial charge in [0.05, 0.1) is 28.8 Å². The average molecular weight is 460 g/mol. The summed E-state index contributed by atoms with van der Waals surface area (Å²) in [5, 5.41) is 3.85. The molecule has 0 radical (unpaired) electrons. The van der Waals surface area contributed by atoms with E-state index in [1.54, 1.807) is 42.3 Å². The van der Waals surface area contributed by atoms with Crippen molar-refractivity contribution in [3.8, 4) is 5.75 Å². The second-order valence-corrected chi connectivity index (χ2v) is 8.81. The zero-order chi connectivity index (χ0) is 19.7. The van der Waals surface area contributed by atoms with Crippen molar-refractivity contribution in [1.29, 1.82) is 0 Å². The summed E-state index contributed by atoms with van der Waals surface area (Å²) < 4.78 is 13.0. The van der Waals surface area contributed by atoms with Crippen LogP contribution in [0, 0.1) is 0 Å². The molecule has 0 aromatic heterocycles. The summed E-state index contributed by atoms with van der Waals surface area (Å²) in [4.78, 5) is 12.9. The van der Waals surface area contributed by atoms with Crippen LogP contribution in [0.2, 0.25) is 15.1 Å². The predicted molar refractivity (Wildman–Crippen MR) is 116 cm³/mol. The highest BCUT2D eigenvalue weighted by atomic mass is 35.5. The van der Waals surface area contributed by atoms with Gasteiger partial charge in [-0.15, -0.1) is 0 Å². The minimum absolute atomic E-state index is 0.00455. The fourth-order valence-corrected chi connectivity index (χ4v) is 4.54. The minimum Gasteiger partial charge on any atom is -0.485 e. The standard InChI is InChI=1S/C19H17Cl3N2O3S/c20-11-4-12(6-14(5-11)27-15-9-26-10-15)23-19(25)16-7-13(8-17(21)18(16)22)24-2-1-3-28-24/h4-8,15H,1-3,9-10H2,(H,23,25). The lowest BCUT2D eigenvalue weighted by molar-refractivity contribution is -0.0796. The van der Waals surface area contributed by atoms with Gasteiger partial charge in [0.1, 0.15) is 11.9 Å². The molecule has 0 aliphatic carbocycles. The van der Waals surface area contributed by atoms with Gasteiger partial charge in [0.15, 0.2) is 0 Å². The molecule has 0 saturated carbocycles. The molecule has 4 rings (SSSR count). The number of nitrogens with zero attached hydrogens (tertiary/aromatic N) is 1. The molecule has 2 saturated heterocycles. The number of carbonyl (C=O) groups excluding carboxylic acids is 1. The Labute approximate surface area is 182 Å². The monoisotopic (exact) mass is 458 g/mol. The molecule has 2 aromatic carbocycles. The summed E-state index contributed by atoms with van der Waals surface area (Å²) in [5.74, 6) is 1.25. The van der Waals surface area contributed by atoms with E-state index in [0.717, 1.165) is 24.4 Å². The number of ether oxygens (including phenoxy) is 2. The van der Waals surface area contributed by atoms with E-state index < -0.39 is 0 Å². The number of benzene rings is 2. The first kappa shape index (κ1) is 20.0. The van der Waals surface area contributed by atoms with Crippen molar-refractivity contribution in [2.75, 3.05) is 35.1 Å². The Morgan fingerprint density at radius 2 is 2.00 bits per heavy atom. The molecule has 2 aliphatic heterocycles. The number of rotatable bonds is 5. The Bertz CT molecular complexity index is 902. The molecule has 0 bridgehead atoms. The second kappa shape index (κ2) is 8.59. The number of hydrogen-bond acceptors (Lipinski definition) is 5. The van der Waals surface area contributed by atoms with E-state index in [1.165, 1.54) is 0 Å². The SMILES string of the molecule is O=C(Nc1cc(Cl)cc(OC2COC2)c1)c1cc(N2CCCS2)cc(Cl)c1Cl. The molecule has 0 atom stereocenters. The molecule has 148 valence electrons. The van der Waals surface area contributed by atoms with E-state index >= 15 is 0 Å². The van der Waals surface area contributed by atoms with Gasteiger partial charge in [-0.3, -0.25) is 4.79 Å². The van der Waals surface area contributed by atoms with Crippen molar-refractivity contribution in [3.05, 3.63) is 51.0 Å². The van der Waals surface area contributed by atoms with Crippen LogP contribution in [0.1, 0.15) is 16.8 Å². The maximum Gasteiger partial charge on any atom is 0.257 e. The summed E-state index contributed by atoms with van der Waals surface area (Å²) in [7, 11) is 0. The number of hydrogen-bond donors (Lipinski definition) is 1. The van der Waals surface area contributed by atoms with E-state index in [-0.39, 0.29) is 17.0 Å². The van der Waals surface area contributed by atoms with Gasteiger partial charge in [0, 0.05) is 34.8 Å². The highest BCUT2D eigenvalue weighted by Gasteiger charge is 2.22. The molecule has 2 aromatic rings. The minimum atomic E-state index is -0.363. The van der Waals surface area contributed by atoms with Crippen LogP contribution in [0.25, 0.3) is 0 Å². The van der Waals surface area contributed by atoms with Crippen LogP contribution < -0.4 is 14.4 Å². The van der Waals surface area contributed by atoms with Gasteiger partial charge in [0.2, 0.25) is 0 Å². The van der Waals surface area contributed by atoms with Crippen LogP contribution in [0.3, 0.4) is 0 Å². The van der Waals surface area contributed by atoms with Crippen LogP contribution in [-0.2, 0) is 4.74 Å². The fraction of sp³-hybridized carbons (Fsp3) is 0.316. The average Bonchev–Trinajstić information content (AvgIpc) is 3.14. The summed E-state index contributed by atoms with van der Waals surface area (Å²) in [5.41, 5.74) is 1.69. The van der Waals surface area contributed by atoms with Gasteiger partial charge < -0.3 is 19.1 Å². The van der Waals surface area contributed by atoms with Gasteiger partial charge in [-0.25, -0.2) is 0 Å². The summed E-state index contributed by atoms with van der Waals surface area (Å²) in [6.07, 6.45) is 1.09. The van der Waals surface area contributed by atoms with Crippen molar-refractivity contribution in [1.82, 2.24) is 0 Å². The highest BCUT2D eigenvalue weighted by Crippen LogP contribution is 2.36. The Hall–Kier alpha value is -1.31. The summed E-state index contributed by atoms with van der Waals surface area (Å²) in [6.45, 7) is 2.00. The number of carbonyl (C=O) groups is 1. The number of anilines is 2. The molecule has 2 aliphatic rings. The molecule has 9 heteroatoms. The van der Waals surface area contributed by atoms with Crippen LogP contribution >= 0.6 is 46.8 Å². The largest absolute Gasteiger partial charge is 0.485 e. The van der Waals surface area contributed by atoms with E-state index in [2.05, 4.69) is 9.62 Å². The zero-order valence-electron chi connectivity index (χ0n) is 14.7. The van der Waals surface area contributed by atoms with Crippen molar-refractivity contribution >= 4 is 64.0 Å². The van der Waals surface area contributed by atoms with E-state index in [9.17, 15) is 4.79 Å². The molecule has 2 fully saturated rings. The maximum absolute atomic E-state index is 12.9. The van der Waals surface area contributed by atoms with Crippen LogP contribution in [0.5, 0.6) is 5.75 Å². The van der Waals surface area contributed by atoms with Gasteiger partial charge in [-0.1, -0.05) is 34.8 Å². The van der Waals surface area contributed by atoms with Gasteiger partial charge in [-0.05, 0) is 42.6 Å². The molecule has 0 spiro atoms. The lowest BCUT2D eigenvalue weighted by atomic mass is 10.1. The molecular weight excluding hydrogens is 443 g/mol. The lowest BCUT2D eigenvalue weighted by Gasteiger charge is -2.27. The van der Waals surface area contributed by atoms with E-state index in [4.69, 9.17) is 44.3 Å². The third kappa shape index (κ3) is 4.47. The highest BCUT2D eigenvalue weighted by molar-refractivity contribution is 8.00. The number of nitrogens with one attached hydrogen (secondary N) is 1. The normalized spacial score (nSPS) is 16.8. The first-order valence-electron chi connectivity index (χ1n) is 8.75. The molecule has 5 nitrogen and oxygen atoms in total. The molecule has 2 heterocycles. The third-order valence-electron chi connectivity index (χ3n) is 4.34. The molecule has 1 N–H and O–H groups in total. The van der Waals surface area contributed by atoms with Crippen LogP contribution in [0.15, 0.2) is 30.3 Å². The topological polar surface area (TPSA) is 50.8 Å².